The van der Waals surface area contributed by atoms with E-state index in [1.54, 1.807) is 4.90 Å². The second-order valence-corrected chi connectivity index (χ2v) is 4.82. The molecule has 0 bridgehead atoms. The zero-order valence-electron chi connectivity index (χ0n) is 10.7. The maximum atomic E-state index is 12.7. The molecule has 2 atom stereocenters. The lowest BCUT2D eigenvalue weighted by Gasteiger charge is -2.20. The molecule has 18 heavy (non-hydrogen) atoms. The highest BCUT2D eigenvalue weighted by atomic mass is 19.1. The van der Waals surface area contributed by atoms with Gasteiger partial charge in [0, 0.05) is 18.4 Å². The minimum Gasteiger partial charge on any atom is -0.346 e. The summed E-state index contributed by atoms with van der Waals surface area (Å²) < 4.78 is 12.7. The van der Waals surface area contributed by atoms with Gasteiger partial charge in [-0.3, -0.25) is 4.79 Å². The van der Waals surface area contributed by atoms with Crippen LogP contribution in [0.3, 0.4) is 0 Å². The van der Waals surface area contributed by atoms with Crippen LogP contribution in [0.4, 0.5) is 4.39 Å². The van der Waals surface area contributed by atoms with Gasteiger partial charge < -0.3 is 10.2 Å². The molecular weight excluding hydrogens is 231 g/mol. The molecule has 1 aliphatic heterocycles. The number of quaternary nitrogens is 1. The Bertz CT molecular complexity index is 405. The summed E-state index contributed by atoms with van der Waals surface area (Å²) in [5, 5.41) is 2.94. The third kappa shape index (κ3) is 3.07. The lowest BCUT2D eigenvalue weighted by molar-refractivity contribution is -0.909. The van der Waals surface area contributed by atoms with Gasteiger partial charge in [-0.1, -0.05) is 0 Å². The zero-order valence-corrected chi connectivity index (χ0v) is 10.7. The Morgan fingerprint density at radius 2 is 2.17 bits per heavy atom. The lowest BCUT2D eigenvalue weighted by Crippen LogP contribution is -3.14. The minimum absolute atomic E-state index is 0.114. The van der Waals surface area contributed by atoms with Crippen molar-refractivity contribution in [2.45, 2.75) is 25.8 Å². The summed E-state index contributed by atoms with van der Waals surface area (Å²) >= 11 is 0. The van der Waals surface area contributed by atoms with E-state index in [-0.39, 0.29) is 11.7 Å². The normalized spacial score (nSPS) is 23.0. The number of amides is 1. The average molecular weight is 251 g/mol. The maximum Gasteiger partial charge on any atom is 0.251 e. The molecule has 1 aromatic carbocycles. The average Bonchev–Trinajstić information content (AvgIpc) is 2.84. The minimum atomic E-state index is -0.316. The number of likely N-dealkylation sites (N-methyl/N-ethyl adjacent to an activating group) is 1. The molecule has 1 aromatic rings. The topological polar surface area (TPSA) is 33.5 Å². The molecule has 4 heteroatoms. The molecule has 98 valence electrons. The smallest absolute Gasteiger partial charge is 0.251 e. The van der Waals surface area contributed by atoms with Crippen molar-refractivity contribution in [2.24, 2.45) is 0 Å². The van der Waals surface area contributed by atoms with Crippen LogP contribution in [0.2, 0.25) is 0 Å². The van der Waals surface area contributed by atoms with Crippen LogP contribution in [0.5, 0.6) is 0 Å². The molecule has 0 radical (unpaired) electrons. The van der Waals surface area contributed by atoms with Gasteiger partial charge in [-0.25, -0.2) is 4.39 Å². The van der Waals surface area contributed by atoms with Crippen LogP contribution in [0.25, 0.3) is 0 Å². The lowest BCUT2D eigenvalue weighted by atomic mass is 10.2. The highest BCUT2D eigenvalue weighted by Crippen LogP contribution is 2.03. The number of halogens is 1. The zero-order chi connectivity index (χ0) is 13.0. The van der Waals surface area contributed by atoms with E-state index in [9.17, 15) is 9.18 Å². The highest BCUT2D eigenvalue weighted by molar-refractivity contribution is 5.94. The van der Waals surface area contributed by atoms with Crippen molar-refractivity contribution in [3.8, 4) is 0 Å². The monoisotopic (exact) mass is 251 g/mol. The van der Waals surface area contributed by atoms with Crippen molar-refractivity contribution in [1.82, 2.24) is 5.32 Å². The molecule has 1 saturated heterocycles. The quantitative estimate of drug-likeness (QED) is 0.808. The van der Waals surface area contributed by atoms with E-state index >= 15 is 0 Å². The predicted molar refractivity (Wildman–Crippen MR) is 68.1 cm³/mol. The van der Waals surface area contributed by atoms with E-state index in [4.69, 9.17) is 0 Å². The summed E-state index contributed by atoms with van der Waals surface area (Å²) in [5.74, 6) is -0.429. The number of likely N-dealkylation sites (tertiary alicyclic amines) is 1. The molecular formula is C14H20FN2O+. The van der Waals surface area contributed by atoms with Crippen molar-refractivity contribution >= 4 is 5.91 Å². The van der Waals surface area contributed by atoms with Gasteiger partial charge in [0.05, 0.1) is 19.6 Å². The van der Waals surface area contributed by atoms with Crippen LogP contribution in [-0.4, -0.2) is 31.6 Å². The number of rotatable bonds is 4. The number of hydrogen-bond acceptors (Lipinski definition) is 1. The van der Waals surface area contributed by atoms with Crippen molar-refractivity contribution in [3.63, 3.8) is 0 Å². The van der Waals surface area contributed by atoms with E-state index in [1.807, 2.05) is 0 Å². The fourth-order valence-electron chi connectivity index (χ4n) is 2.61. The van der Waals surface area contributed by atoms with Gasteiger partial charge in [0.2, 0.25) is 0 Å². The van der Waals surface area contributed by atoms with Crippen LogP contribution in [0.15, 0.2) is 24.3 Å². The molecule has 2 rings (SSSR count). The third-order valence-corrected chi connectivity index (χ3v) is 3.70. The summed E-state index contributed by atoms with van der Waals surface area (Å²) in [5.41, 5.74) is 0.521. The van der Waals surface area contributed by atoms with E-state index in [2.05, 4.69) is 12.2 Å². The predicted octanol–water partition coefficient (Wildman–Crippen LogP) is 0.623. The highest BCUT2D eigenvalue weighted by Gasteiger charge is 2.27. The van der Waals surface area contributed by atoms with Gasteiger partial charge in [-0.15, -0.1) is 0 Å². The Morgan fingerprint density at radius 3 is 2.83 bits per heavy atom. The maximum absolute atomic E-state index is 12.7. The molecule has 0 spiro atoms. The first kappa shape index (κ1) is 13.0. The van der Waals surface area contributed by atoms with Crippen LogP contribution in [0, 0.1) is 5.82 Å². The first-order valence-electron chi connectivity index (χ1n) is 6.59. The largest absolute Gasteiger partial charge is 0.346 e. The van der Waals surface area contributed by atoms with Gasteiger partial charge in [0.15, 0.2) is 0 Å². The Morgan fingerprint density at radius 1 is 1.44 bits per heavy atom. The van der Waals surface area contributed by atoms with Crippen LogP contribution in [-0.2, 0) is 0 Å². The molecule has 1 unspecified atom stereocenters. The Labute approximate surface area is 107 Å². The van der Waals surface area contributed by atoms with Gasteiger partial charge in [0.25, 0.3) is 5.91 Å². The molecule has 0 aliphatic carbocycles. The van der Waals surface area contributed by atoms with Crippen molar-refractivity contribution in [1.29, 1.82) is 0 Å². The summed E-state index contributed by atoms with van der Waals surface area (Å²) in [6.45, 7) is 5.19. The standard InChI is InChI=1S/C14H19FN2O/c1-2-17-9-3-4-13(17)10-16-14(18)11-5-7-12(15)8-6-11/h5-8,13H,2-4,9-10H2,1H3,(H,16,18)/p+1/t13-/m1/s1. The first-order valence-corrected chi connectivity index (χ1v) is 6.59. The number of benzene rings is 1. The fraction of sp³-hybridized carbons (Fsp3) is 0.500. The first-order chi connectivity index (χ1) is 8.70. The summed E-state index contributed by atoms with van der Waals surface area (Å²) in [4.78, 5) is 13.4. The molecule has 1 fully saturated rings. The molecule has 2 N–H and O–H groups in total. The van der Waals surface area contributed by atoms with Crippen molar-refractivity contribution in [2.75, 3.05) is 19.6 Å². The molecule has 0 aromatic heterocycles. The second-order valence-electron chi connectivity index (χ2n) is 4.82. The van der Waals surface area contributed by atoms with E-state index in [0.717, 1.165) is 6.54 Å². The number of nitrogens with one attached hydrogen (secondary N) is 2. The van der Waals surface area contributed by atoms with Crippen molar-refractivity contribution < 1.29 is 14.1 Å². The van der Waals surface area contributed by atoms with Gasteiger partial charge >= 0.3 is 0 Å². The number of carbonyl (C=O) groups excluding carboxylic acids is 1. The SMILES string of the molecule is CC[NH+]1CCC[C@@H]1CNC(=O)c1ccc(F)cc1. The molecule has 1 aliphatic rings. The Hall–Kier alpha value is -1.42. The third-order valence-electron chi connectivity index (χ3n) is 3.70. The van der Waals surface area contributed by atoms with Gasteiger partial charge in [-0.05, 0) is 31.2 Å². The molecule has 1 amide bonds. The molecule has 3 nitrogen and oxygen atoms in total. The van der Waals surface area contributed by atoms with Crippen LogP contribution < -0.4 is 10.2 Å². The van der Waals surface area contributed by atoms with Crippen LogP contribution in [0.1, 0.15) is 30.1 Å². The number of hydrogen-bond donors (Lipinski definition) is 2. The molecule has 0 saturated carbocycles. The number of carbonyl (C=O) groups is 1. The molecule has 1 heterocycles. The fourth-order valence-corrected chi connectivity index (χ4v) is 2.61. The summed E-state index contributed by atoms with van der Waals surface area (Å²) in [6.07, 6.45) is 2.41. The van der Waals surface area contributed by atoms with E-state index in [0.29, 0.717) is 18.2 Å². The Balaban J connectivity index is 1.86. The Kier molecular flexibility index (Phi) is 4.31. The van der Waals surface area contributed by atoms with Gasteiger partial charge in [-0.2, -0.15) is 0 Å². The van der Waals surface area contributed by atoms with E-state index < -0.39 is 0 Å². The van der Waals surface area contributed by atoms with E-state index in [1.165, 1.54) is 43.7 Å². The summed E-state index contributed by atoms with van der Waals surface area (Å²) in [7, 11) is 0. The summed E-state index contributed by atoms with van der Waals surface area (Å²) in [6, 6.07) is 6.19. The second kappa shape index (κ2) is 5.96. The van der Waals surface area contributed by atoms with Crippen LogP contribution >= 0.6 is 0 Å². The van der Waals surface area contributed by atoms with Crippen molar-refractivity contribution in [3.05, 3.63) is 35.6 Å². The van der Waals surface area contributed by atoms with Gasteiger partial charge in [0.1, 0.15) is 11.9 Å².